The summed E-state index contributed by atoms with van der Waals surface area (Å²) in [6.45, 7) is 5.44. The molecule has 0 saturated carbocycles. The number of rotatable bonds is 6. The first-order chi connectivity index (χ1) is 12.2. The van der Waals surface area contributed by atoms with E-state index in [-0.39, 0.29) is 22.4 Å². The van der Waals surface area contributed by atoms with Gasteiger partial charge in [0, 0.05) is 22.6 Å². The first kappa shape index (κ1) is 19.7. The Morgan fingerprint density at radius 1 is 1.46 bits per heavy atom. The van der Waals surface area contributed by atoms with Crippen molar-refractivity contribution in [2.45, 2.75) is 33.0 Å². The molecule has 142 valence electrons. The van der Waals surface area contributed by atoms with Crippen LogP contribution in [0.1, 0.15) is 20.3 Å². The molecule has 1 atom stereocenters. The van der Waals surface area contributed by atoms with Crippen molar-refractivity contribution in [2.24, 2.45) is 5.92 Å². The Morgan fingerprint density at radius 2 is 2.23 bits per heavy atom. The molecule has 0 unspecified atom stereocenters. The van der Waals surface area contributed by atoms with E-state index < -0.39 is 9.84 Å². The Bertz CT molecular complexity index is 937. The molecule has 1 aliphatic rings. The second kappa shape index (κ2) is 7.92. The van der Waals surface area contributed by atoms with E-state index in [0.717, 1.165) is 16.6 Å². The van der Waals surface area contributed by atoms with Crippen LogP contribution in [0.5, 0.6) is 0 Å². The van der Waals surface area contributed by atoms with Crippen molar-refractivity contribution in [3.8, 4) is 11.5 Å². The first-order valence-corrected chi connectivity index (χ1v) is 11.5. The highest BCUT2D eigenvalue weighted by atomic mass is 79.9. The largest absolute Gasteiger partial charge is 0.409 e. The van der Waals surface area contributed by atoms with Gasteiger partial charge in [0.15, 0.2) is 9.84 Å². The van der Waals surface area contributed by atoms with E-state index in [4.69, 9.17) is 16.6 Å². The molecular weight excluding hydrogens is 438 g/mol. The van der Waals surface area contributed by atoms with Gasteiger partial charge in [0.25, 0.3) is 4.84 Å². The van der Waals surface area contributed by atoms with Gasteiger partial charge in [0.05, 0.1) is 18.2 Å². The number of aromatic nitrogens is 2. The van der Waals surface area contributed by atoms with Gasteiger partial charge < -0.3 is 4.42 Å². The molecule has 9 heteroatoms. The molecule has 2 heterocycles. The molecule has 0 spiro atoms. The molecule has 1 aromatic heterocycles. The fourth-order valence-corrected chi connectivity index (χ4v) is 5.50. The molecule has 3 rings (SSSR count). The van der Waals surface area contributed by atoms with Crippen molar-refractivity contribution in [2.75, 3.05) is 18.1 Å². The molecule has 2 aromatic rings. The van der Waals surface area contributed by atoms with E-state index >= 15 is 0 Å². The third-order valence-electron chi connectivity index (χ3n) is 4.32. The summed E-state index contributed by atoms with van der Waals surface area (Å²) in [7, 11) is -2.95. The Kier molecular flexibility index (Phi) is 6.01. The molecule has 0 bridgehead atoms. The number of sulfone groups is 1. The number of halogens is 1. The summed E-state index contributed by atoms with van der Waals surface area (Å²) in [5.74, 6) is 1.31. The number of hydrogen-bond donors (Lipinski definition) is 0. The van der Waals surface area contributed by atoms with Crippen LogP contribution in [0, 0.1) is 10.8 Å². The van der Waals surface area contributed by atoms with Gasteiger partial charge in [-0.15, -0.1) is 5.10 Å². The highest BCUT2D eigenvalue weighted by Gasteiger charge is 2.33. The van der Waals surface area contributed by atoms with Crippen LogP contribution in [0.2, 0.25) is 0 Å². The minimum atomic E-state index is -2.95. The van der Waals surface area contributed by atoms with Crippen LogP contribution in [0.15, 0.2) is 33.2 Å². The predicted molar refractivity (Wildman–Crippen MR) is 107 cm³/mol. The lowest BCUT2D eigenvalue weighted by Crippen LogP contribution is -2.40. The number of hydrogen-bond acceptors (Lipinski definition) is 6. The highest BCUT2D eigenvalue weighted by molar-refractivity contribution is 9.10. The maximum absolute atomic E-state index is 11.9. The molecule has 1 fully saturated rings. The zero-order valence-corrected chi connectivity index (χ0v) is 18.0. The fraction of sp³-hybridized carbons (Fsp3) is 0.529. The van der Waals surface area contributed by atoms with Crippen LogP contribution < -0.4 is 0 Å². The lowest BCUT2D eigenvalue weighted by molar-refractivity contribution is 0.136. The van der Waals surface area contributed by atoms with Crippen LogP contribution in [-0.4, -0.2) is 47.2 Å². The van der Waals surface area contributed by atoms with Crippen molar-refractivity contribution in [3.63, 3.8) is 0 Å². The second-order valence-corrected chi connectivity index (χ2v) is 10.5. The van der Waals surface area contributed by atoms with Gasteiger partial charge in [0.2, 0.25) is 5.89 Å². The normalized spacial score (nSPS) is 19.5. The summed E-state index contributed by atoms with van der Waals surface area (Å²) in [6.07, 6.45) is 0.652. The van der Waals surface area contributed by atoms with E-state index in [0.29, 0.717) is 24.9 Å². The second-order valence-electron chi connectivity index (χ2n) is 7.05. The van der Waals surface area contributed by atoms with E-state index in [2.05, 4.69) is 39.8 Å². The van der Waals surface area contributed by atoms with E-state index in [1.165, 1.54) is 0 Å². The molecule has 1 saturated heterocycles. The molecular formula is C17H22BrN3O3S2. The summed E-state index contributed by atoms with van der Waals surface area (Å²) in [5, 5.41) is 4.51. The SMILES string of the molecule is CC(C)CN(Cn1nc(-c2cccc(Br)c2)oc1=S)[C@H]1CCS(=O)(=O)C1. The summed E-state index contributed by atoms with van der Waals surface area (Å²) in [5.41, 5.74) is 0.836. The van der Waals surface area contributed by atoms with Gasteiger partial charge in [-0.05, 0) is 42.8 Å². The average molecular weight is 460 g/mol. The fourth-order valence-electron chi connectivity index (χ4n) is 3.16. The van der Waals surface area contributed by atoms with E-state index in [9.17, 15) is 8.42 Å². The Morgan fingerprint density at radius 3 is 2.85 bits per heavy atom. The lowest BCUT2D eigenvalue weighted by atomic mass is 10.1. The third kappa shape index (κ3) is 4.82. The summed E-state index contributed by atoms with van der Waals surface area (Å²) < 4.78 is 32.0. The van der Waals surface area contributed by atoms with E-state index in [1.54, 1.807) is 4.68 Å². The smallest absolute Gasteiger partial charge is 0.288 e. The molecule has 1 aliphatic heterocycles. The summed E-state index contributed by atoms with van der Waals surface area (Å²) >= 11 is 8.77. The Hall–Kier alpha value is -1.03. The maximum atomic E-state index is 11.9. The molecule has 1 aromatic carbocycles. The predicted octanol–water partition coefficient (Wildman–Crippen LogP) is 3.74. The van der Waals surface area contributed by atoms with Gasteiger partial charge in [-0.25, -0.2) is 13.1 Å². The highest BCUT2D eigenvalue weighted by Crippen LogP contribution is 2.23. The molecule has 0 aliphatic carbocycles. The zero-order chi connectivity index (χ0) is 18.9. The Balaban J connectivity index is 1.84. The lowest BCUT2D eigenvalue weighted by Gasteiger charge is -2.29. The van der Waals surface area contributed by atoms with Crippen LogP contribution >= 0.6 is 28.1 Å². The van der Waals surface area contributed by atoms with Crippen LogP contribution in [0.3, 0.4) is 0 Å². The maximum Gasteiger partial charge on any atom is 0.288 e. The van der Waals surface area contributed by atoms with Crippen LogP contribution in [-0.2, 0) is 16.5 Å². The van der Waals surface area contributed by atoms with Crippen LogP contribution in [0.4, 0.5) is 0 Å². The first-order valence-electron chi connectivity index (χ1n) is 8.52. The third-order valence-corrected chi connectivity index (χ3v) is 6.86. The van der Waals surface area contributed by atoms with Gasteiger partial charge in [0.1, 0.15) is 0 Å². The van der Waals surface area contributed by atoms with Gasteiger partial charge >= 0.3 is 0 Å². The topological polar surface area (TPSA) is 68.3 Å². The van der Waals surface area contributed by atoms with Crippen molar-refractivity contribution < 1.29 is 12.8 Å². The zero-order valence-electron chi connectivity index (χ0n) is 14.8. The monoisotopic (exact) mass is 459 g/mol. The van der Waals surface area contributed by atoms with E-state index in [1.807, 2.05) is 24.3 Å². The van der Waals surface area contributed by atoms with Gasteiger partial charge in [-0.1, -0.05) is 35.8 Å². The number of nitrogens with zero attached hydrogens (tertiary/aromatic N) is 3. The summed E-state index contributed by atoms with van der Waals surface area (Å²) in [6, 6.07) is 7.66. The van der Waals surface area contributed by atoms with Crippen molar-refractivity contribution in [1.29, 1.82) is 0 Å². The molecule has 0 radical (unpaired) electrons. The molecule has 0 amide bonds. The van der Waals surface area contributed by atoms with Crippen LogP contribution in [0.25, 0.3) is 11.5 Å². The standard InChI is InChI=1S/C17H22BrN3O3S2/c1-12(2)9-20(15-6-7-26(22,23)10-15)11-21-17(25)24-16(19-21)13-4-3-5-14(18)8-13/h3-5,8,12,15H,6-7,9-11H2,1-2H3/t15-/m0/s1. The van der Waals surface area contributed by atoms with Crippen molar-refractivity contribution in [1.82, 2.24) is 14.7 Å². The average Bonchev–Trinajstić information content (AvgIpc) is 3.09. The minimum Gasteiger partial charge on any atom is -0.409 e. The van der Waals surface area contributed by atoms with Crippen molar-refractivity contribution in [3.05, 3.63) is 33.6 Å². The Labute approximate surface area is 167 Å². The minimum absolute atomic E-state index is 0.00433. The summed E-state index contributed by atoms with van der Waals surface area (Å²) in [4.78, 5) is 2.44. The quantitative estimate of drug-likeness (QED) is 0.612. The van der Waals surface area contributed by atoms with Gasteiger partial charge in [-0.2, -0.15) is 0 Å². The molecule has 26 heavy (non-hydrogen) atoms. The molecule has 6 nitrogen and oxygen atoms in total. The van der Waals surface area contributed by atoms with Gasteiger partial charge in [-0.3, -0.25) is 4.90 Å². The molecule has 0 N–H and O–H groups in total. The number of benzene rings is 1. The van der Waals surface area contributed by atoms with Crippen molar-refractivity contribution >= 4 is 38.0 Å².